The molecule has 0 spiro atoms. The smallest absolute Gasteiger partial charge is 0.308 e. The van der Waals surface area contributed by atoms with Gasteiger partial charge in [0.25, 0.3) is 5.56 Å². The third-order valence-corrected chi connectivity index (χ3v) is 4.91. The van der Waals surface area contributed by atoms with Crippen molar-refractivity contribution in [3.05, 3.63) is 69.0 Å². The molecule has 0 atom stereocenters. The Kier molecular flexibility index (Phi) is 4.62. The van der Waals surface area contributed by atoms with Crippen LogP contribution in [0, 0.1) is 0 Å². The number of nitrogens with zero attached hydrogens (tertiary/aromatic N) is 3. The highest BCUT2D eigenvalue weighted by atomic mass is 32.1. The number of carbonyl (C=O) groups is 1. The Bertz CT molecular complexity index is 1290. The average molecular weight is 393 g/mol. The van der Waals surface area contributed by atoms with Crippen molar-refractivity contribution in [1.82, 2.24) is 14.6 Å². The lowest BCUT2D eigenvalue weighted by Gasteiger charge is -2.03. The van der Waals surface area contributed by atoms with Crippen LogP contribution in [-0.4, -0.2) is 27.7 Å². The average Bonchev–Trinajstić information content (AvgIpc) is 3.21. The molecule has 4 aromatic rings. The molecule has 0 saturated heterocycles. The van der Waals surface area contributed by atoms with Gasteiger partial charge in [0.15, 0.2) is 5.82 Å². The summed E-state index contributed by atoms with van der Waals surface area (Å²) >= 11 is 1.24. The van der Waals surface area contributed by atoms with Gasteiger partial charge in [-0.25, -0.2) is 0 Å². The lowest BCUT2D eigenvalue weighted by molar-refractivity contribution is -0.131. The summed E-state index contributed by atoms with van der Waals surface area (Å²) < 4.78 is 12.2. The summed E-state index contributed by atoms with van der Waals surface area (Å²) in [6, 6.07) is 14.3. The van der Waals surface area contributed by atoms with Crippen molar-refractivity contribution in [2.24, 2.45) is 0 Å². The maximum absolute atomic E-state index is 12.7. The van der Waals surface area contributed by atoms with Crippen molar-refractivity contribution < 1.29 is 14.3 Å². The molecule has 0 bridgehead atoms. The first-order valence-corrected chi connectivity index (χ1v) is 9.20. The Morgan fingerprint density at radius 2 is 2.00 bits per heavy atom. The van der Waals surface area contributed by atoms with E-state index in [0.29, 0.717) is 26.8 Å². The van der Waals surface area contributed by atoms with Gasteiger partial charge in [0.2, 0.25) is 4.96 Å². The van der Waals surface area contributed by atoms with Gasteiger partial charge in [-0.3, -0.25) is 9.59 Å². The van der Waals surface area contributed by atoms with Crippen LogP contribution in [0.1, 0.15) is 12.5 Å². The van der Waals surface area contributed by atoms with Crippen LogP contribution >= 0.6 is 11.3 Å². The van der Waals surface area contributed by atoms with E-state index in [1.54, 1.807) is 31.4 Å². The second-order valence-corrected chi connectivity index (χ2v) is 6.92. The van der Waals surface area contributed by atoms with Crippen LogP contribution in [0.15, 0.2) is 53.3 Å². The molecular weight excluding hydrogens is 378 g/mol. The first-order valence-electron chi connectivity index (χ1n) is 8.38. The summed E-state index contributed by atoms with van der Waals surface area (Å²) in [5.41, 5.74) is 1.21. The van der Waals surface area contributed by atoms with Crippen LogP contribution in [0.4, 0.5) is 0 Å². The molecule has 0 aliphatic rings. The van der Waals surface area contributed by atoms with Gasteiger partial charge in [-0.05, 0) is 35.9 Å². The van der Waals surface area contributed by atoms with Crippen LogP contribution in [0.5, 0.6) is 11.5 Å². The molecule has 8 heteroatoms. The highest BCUT2D eigenvalue weighted by molar-refractivity contribution is 7.15. The fraction of sp³-hybridized carbons (Fsp3) is 0.100. The number of esters is 1. The minimum atomic E-state index is -0.399. The number of hydrogen-bond acceptors (Lipinski definition) is 7. The monoisotopic (exact) mass is 393 g/mol. The van der Waals surface area contributed by atoms with E-state index < -0.39 is 5.97 Å². The number of benzene rings is 2. The van der Waals surface area contributed by atoms with Gasteiger partial charge < -0.3 is 9.47 Å². The normalized spacial score (nSPS) is 11.7. The number of methoxy groups -OCH3 is 1. The van der Waals surface area contributed by atoms with E-state index >= 15 is 0 Å². The molecule has 0 aliphatic carbocycles. The topological polar surface area (TPSA) is 82.8 Å². The standard InChI is InChI=1S/C20H15N3O4S/c1-12(24)27-14-7-5-6-13(10-14)11-17-19(25)23-20(28-17)21-18(22-23)15-8-3-4-9-16(15)26-2/h3-11H,1-2H3/b17-11+. The Morgan fingerprint density at radius 1 is 1.18 bits per heavy atom. The van der Waals surface area contributed by atoms with Gasteiger partial charge >= 0.3 is 5.97 Å². The molecule has 7 nitrogen and oxygen atoms in total. The lowest BCUT2D eigenvalue weighted by Crippen LogP contribution is -2.23. The third-order valence-electron chi connectivity index (χ3n) is 3.95. The van der Waals surface area contributed by atoms with Crippen molar-refractivity contribution in [1.29, 1.82) is 0 Å². The first-order chi connectivity index (χ1) is 13.5. The number of para-hydroxylation sites is 1. The second kappa shape index (κ2) is 7.24. The Labute approximate surface area is 163 Å². The van der Waals surface area contributed by atoms with Crippen molar-refractivity contribution in [2.45, 2.75) is 6.92 Å². The molecule has 0 unspecified atom stereocenters. The third kappa shape index (κ3) is 3.37. The zero-order chi connectivity index (χ0) is 19.7. The van der Waals surface area contributed by atoms with E-state index in [1.807, 2.05) is 30.3 Å². The summed E-state index contributed by atoms with van der Waals surface area (Å²) in [6.07, 6.45) is 1.72. The molecule has 0 aliphatic heterocycles. The highest BCUT2D eigenvalue weighted by Gasteiger charge is 2.14. The van der Waals surface area contributed by atoms with Crippen LogP contribution in [0.3, 0.4) is 0 Å². The fourth-order valence-corrected chi connectivity index (χ4v) is 3.67. The Morgan fingerprint density at radius 3 is 2.75 bits per heavy atom. The van der Waals surface area contributed by atoms with Crippen molar-refractivity contribution >= 4 is 28.3 Å². The number of aromatic nitrogens is 3. The molecule has 2 aromatic carbocycles. The van der Waals surface area contributed by atoms with Gasteiger partial charge in [-0.15, -0.1) is 5.10 Å². The molecule has 4 rings (SSSR count). The zero-order valence-corrected chi connectivity index (χ0v) is 15.9. The fourth-order valence-electron chi connectivity index (χ4n) is 2.76. The molecule has 0 saturated carbocycles. The van der Waals surface area contributed by atoms with E-state index in [-0.39, 0.29) is 5.56 Å². The molecule has 28 heavy (non-hydrogen) atoms. The van der Waals surface area contributed by atoms with Crippen molar-refractivity contribution in [3.63, 3.8) is 0 Å². The van der Waals surface area contributed by atoms with Gasteiger partial charge in [0, 0.05) is 6.92 Å². The summed E-state index contributed by atoms with van der Waals surface area (Å²) in [5, 5.41) is 4.34. The quantitative estimate of drug-likeness (QED) is 0.391. The van der Waals surface area contributed by atoms with Crippen LogP contribution < -0.4 is 19.6 Å². The van der Waals surface area contributed by atoms with Gasteiger partial charge in [-0.1, -0.05) is 35.6 Å². The van der Waals surface area contributed by atoms with E-state index in [1.165, 1.54) is 22.8 Å². The maximum Gasteiger partial charge on any atom is 0.308 e. The Balaban J connectivity index is 1.76. The summed E-state index contributed by atoms with van der Waals surface area (Å²) in [5.74, 6) is 1.10. The Hall–Kier alpha value is -3.52. The SMILES string of the molecule is COc1ccccc1-c1nc2s/c(=C/c3cccc(OC(C)=O)c3)c(=O)n2n1. The molecule has 0 N–H and O–H groups in total. The second-order valence-electron chi connectivity index (χ2n) is 5.91. The number of hydrogen-bond donors (Lipinski definition) is 0. The van der Waals surface area contributed by atoms with Crippen LogP contribution in [0.25, 0.3) is 22.4 Å². The summed E-state index contributed by atoms with van der Waals surface area (Å²) in [6.45, 7) is 1.34. The molecular formula is C20H15N3O4S. The van der Waals surface area contributed by atoms with Crippen LogP contribution in [-0.2, 0) is 4.79 Å². The van der Waals surface area contributed by atoms with E-state index in [0.717, 1.165) is 11.1 Å². The minimum absolute atomic E-state index is 0.258. The predicted molar refractivity (Wildman–Crippen MR) is 106 cm³/mol. The molecule has 2 aromatic heterocycles. The van der Waals surface area contributed by atoms with E-state index in [2.05, 4.69) is 10.1 Å². The zero-order valence-electron chi connectivity index (χ0n) is 15.1. The molecule has 0 fully saturated rings. The minimum Gasteiger partial charge on any atom is -0.496 e. The number of ether oxygens (including phenoxy) is 2. The number of carbonyl (C=O) groups excluding carboxylic acids is 1. The maximum atomic E-state index is 12.7. The molecule has 140 valence electrons. The van der Waals surface area contributed by atoms with Crippen molar-refractivity contribution in [3.8, 4) is 22.9 Å². The van der Waals surface area contributed by atoms with Crippen molar-refractivity contribution in [2.75, 3.05) is 7.11 Å². The molecule has 0 amide bonds. The first kappa shape index (κ1) is 17.9. The van der Waals surface area contributed by atoms with Crippen LogP contribution in [0.2, 0.25) is 0 Å². The largest absolute Gasteiger partial charge is 0.496 e. The van der Waals surface area contributed by atoms with Gasteiger partial charge in [0.1, 0.15) is 11.5 Å². The van der Waals surface area contributed by atoms with E-state index in [9.17, 15) is 9.59 Å². The summed E-state index contributed by atoms with van der Waals surface area (Å²) in [4.78, 5) is 28.8. The predicted octanol–water partition coefficient (Wildman–Crippen LogP) is 2.30. The molecule has 0 radical (unpaired) electrons. The number of fused-ring (bicyclic) bond motifs is 1. The number of rotatable bonds is 4. The summed E-state index contributed by atoms with van der Waals surface area (Å²) in [7, 11) is 1.58. The molecule has 2 heterocycles. The highest BCUT2D eigenvalue weighted by Crippen LogP contribution is 2.27. The van der Waals surface area contributed by atoms with E-state index in [4.69, 9.17) is 9.47 Å². The lowest BCUT2D eigenvalue weighted by atomic mass is 10.2. The van der Waals surface area contributed by atoms with Gasteiger partial charge in [0.05, 0.1) is 17.2 Å². The van der Waals surface area contributed by atoms with Gasteiger partial charge in [-0.2, -0.15) is 9.50 Å². The number of thiazole rings is 1.